The summed E-state index contributed by atoms with van der Waals surface area (Å²) in [5, 5.41) is 5.35. The number of nitrogens with zero attached hydrogens (tertiary/aromatic N) is 2. The Morgan fingerprint density at radius 1 is 1.25 bits per heavy atom. The predicted molar refractivity (Wildman–Crippen MR) is 91.9 cm³/mol. The minimum absolute atomic E-state index is 0.0575. The molecule has 1 atom stereocenters. The molecule has 1 aromatic heterocycles. The van der Waals surface area contributed by atoms with E-state index in [1.807, 2.05) is 28.5 Å². The van der Waals surface area contributed by atoms with Crippen molar-refractivity contribution in [3.8, 4) is 11.5 Å². The zero-order valence-electron chi connectivity index (χ0n) is 13.2. The van der Waals surface area contributed by atoms with Gasteiger partial charge < -0.3 is 14.4 Å². The maximum absolute atomic E-state index is 12.6. The lowest BCUT2D eigenvalue weighted by atomic mass is 10.0. The number of aromatic nitrogens is 1. The molecule has 0 radical (unpaired) electrons. The SMILES string of the molecule is O=C(Nc1nccs1)N1CCC[C@H]1c1ccc2c(c1)OCCCO2. The first-order valence-corrected chi connectivity index (χ1v) is 9.06. The van der Waals surface area contributed by atoms with Crippen LogP contribution in [0.4, 0.5) is 9.93 Å². The van der Waals surface area contributed by atoms with E-state index in [2.05, 4.69) is 10.3 Å². The van der Waals surface area contributed by atoms with Gasteiger partial charge in [-0.05, 0) is 30.5 Å². The van der Waals surface area contributed by atoms with E-state index in [1.165, 1.54) is 11.3 Å². The third-order valence-corrected chi connectivity index (χ3v) is 5.00. The van der Waals surface area contributed by atoms with Gasteiger partial charge in [-0.15, -0.1) is 11.3 Å². The molecule has 2 aliphatic rings. The third-order valence-electron chi connectivity index (χ3n) is 4.32. The number of hydrogen-bond donors (Lipinski definition) is 1. The Kier molecular flexibility index (Phi) is 4.25. The number of nitrogens with one attached hydrogen (secondary N) is 1. The summed E-state index contributed by atoms with van der Waals surface area (Å²) in [5.74, 6) is 1.56. The molecule has 1 saturated heterocycles. The topological polar surface area (TPSA) is 63.7 Å². The van der Waals surface area contributed by atoms with E-state index in [4.69, 9.17) is 9.47 Å². The molecule has 1 fully saturated rings. The number of likely N-dealkylation sites (tertiary alicyclic amines) is 1. The number of fused-ring (bicyclic) bond motifs is 1. The minimum atomic E-state index is -0.0976. The van der Waals surface area contributed by atoms with Crippen LogP contribution < -0.4 is 14.8 Å². The minimum Gasteiger partial charge on any atom is -0.490 e. The van der Waals surface area contributed by atoms with E-state index in [0.29, 0.717) is 18.3 Å². The second-order valence-electron chi connectivity index (χ2n) is 5.88. The number of thiazole rings is 1. The molecule has 0 unspecified atom stereocenters. The average molecular weight is 345 g/mol. The summed E-state index contributed by atoms with van der Waals surface area (Å²) in [4.78, 5) is 18.6. The molecule has 24 heavy (non-hydrogen) atoms. The lowest BCUT2D eigenvalue weighted by Gasteiger charge is -2.25. The monoisotopic (exact) mass is 345 g/mol. The number of anilines is 1. The number of amides is 2. The standard InChI is InChI=1S/C17H19N3O3S/c21-17(19-16-18-6-10-24-16)20-7-1-3-13(20)12-4-5-14-15(11-12)23-9-2-8-22-14/h4-6,10-11,13H,1-3,7-9H2,(H,18,19,21)/t13-/m0/s1. The van der Waals surface area contributed by atoms with Crippen molar-refractivity contribution in [3.63, 3.8) is 0 Å². The largest absolute Gasteiger partial charge is 0.490 e. The summed E-state index contributed by atoms with van der Waals surface area (Å²) in [6.45, 7) is 2.09. The van der Waals surface area contributed by atoms with Crippen molar-refractivity contribution in [1.82, 2.24) is 9.88 Å². The van der Waals surface area contributed by atoms with Gasteiger partial charge >= 0.3 is 6.03 Å². The van der Waals surface area contributed by atoms with Gasteiger partial charge in [0.05, 0.1) is 19.3 Å². The Morgan fingerprint density at radius 2 is 2.12 bits per heavy atom. The first kappa shape index (κ1) is 15.3. The van der Waals surface area contributed by atoms with Crippen LogP contribution in [0.25, 0.3) is 0 Å². The van der Waals surface area contributed by atoms with E-state index >= 15 is 0 Å². The normalized spacial score (nSPS) is 19.8. The van der Waals surface area contributed by atoms with Crippen molar-refractivity contribution in [3.05, 3.63) is 35.3 Å². The van der Waals surface area contributed by atoms with Crippen LogP contribution in [0.5, 0.6) is 11.5 Å². The van der Waals surface area contributed by atoms with Crippen LogP contribution in [-0.2, 0) is 0 Å². The number of urea groups is 1. The van der Waals surface area contributed by atoms with Gasteiger partial charge in [0.15, 0.2) is 16.6 Å². The van der Waals surface area contributed by atoms with Crippen LogP contribution in [0.1, 0.15) is 30.9 Å². The van der Waals surface area contributed by atoms with Crippen LogP contribution in [0, 0.1) is 0 Å². The maximum atomic E-state index is 12.6. The summed E-state index contributed by atoms with van der Waals surface area (Å²) >= 11 is 1.42. The third kappa shape index (κ3) is 3.03. The van der Waals surface area contributed by atoms with E-state index < -0.39 is 0 Å². The van der Waals surface area contributed by atoms with Gasteiger partial charge in [-0.3, -0.25) is 5.32 Å². The zero-order valence-corrected chi connectivity index (χ0v) is 14.1. The molecule has 0 aliphatic carbocycles. The van der Waals surface area contributed by atoms with Gasteiger partial charge in [0, 0.05) is 24.5 Å². The van der Waals surface area contributed by atoms with Gasteiger partial charge in [-0.25, -0.2) is 9.78 Å². The lowest BCUT2D eigenvalue weighted by molar-refractivity contribution is 0.207. The number of hydrogen-bond acceptors (Lipinski definition) is 5. The summed E-state index contributed by atoms with van der Waals surface area (Å²) in [7, 11) is 0. The lowest BCUT2D eigenvalue weighted by Crippen LogP contribution is -2.34. The van der Waals surface area contributed by atoms with Crippen LogP contribution in [-0.4, -0.2) is 35.7 Å². The quantitative estimate of drug-likeness (QED) is 0.902. The fourth-order valence-electron chi connectivity index (χ4n) is 3.19. The van der Waals surface area contributed by atoms with E-state index in [-0.39, 0.29) is 12.1 Å². The average Bonchev–Trinajstić information content (AvgIpc) is 3.22. The molecule has 0 bridgehead atoms. The van der Waals surface area contributed by atoms with Gasteiger partial charge in [-0.1, -0.05) is 6.07 Å². The predicted octanol–water partition coefficient (Wildman–Crippen LogP) is 3.67. The summed E-state index contributed by atoms with van der Waals surface area (Å²) in [6, 6.07) is 5.96. The Balaban J connectivity index is 1.54. The van der Waals surface area contributed by atoms with Crippen molar-refractivity contribution in [1.29, 1.82) is 0 Å². The van der Waals surface area contributed by atoms with Crippen molar-refractivity contribution in [2.24, 2.45) is 0 Å². The van der Waals surface area contributed by atoms with Gasteiger partial charge in [0.2, 0.25) is 0 Å². The molecule has 0 spiro atoms. The molecule has 2 aliphatic heterocycles. The number of rotatable bonds is 2. The van der Waals surface area contributed by atoms with Crippen LogP contribution in [0.15, 0.2) is 29.8 Å². The molecular formula is C17H19N3O3S. The second kappa shape index (κ2) is 6.68. The van der Waals surface area contributed by atoms with Gasteiger partial charge in [-0.2, -0.15) is 0 Å². The first-order chi connectivity index (χ1) is 11.8. The summed E-state index contributed by atoms with van der Waals surface area (Å²) in [5.41, 5.74) is 1.09. The summed E-state index contributed by atoms with van der Waals surface area (Å²) < 4.78 is 11.5. The smallest absolute Gasteiger partial charge is 0.324 e. The first-order valence-electron chi connectivity index (χ1n) is 8.18. The molecule has 1 aromatic carbocycles. The van der Waals surface area contributed by atoms with E-state index in [9.17, 15) is 4.79 Å². The molecule has 3 heterocycles. The van der Waals surface area contributed by atoms with Gasteiger partial charge in [0.1, 0.15) is 0 Å². The van der Waals surface area contributed by atoms with E-state index in [0.717, 1.165) is 42.9 Å². The van der Waals surface area contributed by atoms with Crippen molar-refractivity contribution in [2.45, 2.75) is 25.3 Å². The molecule has 6 nitrogen and oxygen atoms in total. The zero-order chi connectivity index (χ0) is 16.4. The highest BCUT2D eigenvalue weighted by Crippen LogP contribution is 2.38. The number of ether oxygens (including phenoxy) is 2. The van der Waals surface area contributed by atoms with Crippen molar-refractivity contribution < 1.29 is 14.3 Å². The van der Waals surface area contributed by atoms with Gasteiger partial charge in [0.25, 0.3) is 0 Å². The Bertz CT molecular complexity index is 720. The fraction of sp³-hybridized carbons (Fsp3) is 0.412. The summed E-state index contributed by atoms with van der Waals surface area (Å²) in [6.07, 6.45) is 4.51. The Hall–Kier alpha value is -2.28. The molecule has 1 N–H and O–H groups in total. The number of benzene rings is 1. The van der Waals surface area contributed by atoms with E-state index in [1.54, 1.807) is 6.20 Å². The molecular weight excluding hydrogens is 326 g/mol. The molecule has 2 aromatic rings. The number of carbonyl (C=O) groups excluding carboxylic acids is 1. The molecule has 126 valence electrons. The highest BCUT2D eigenvalue weighted by atomic mass is 32.1. The van der Waals surface area contributed by atoms with Crippen LogP contribution in [0.2, 0.25) is 0 Å². The second-order valence-corrected chi connectivity index (χ2v) is 6.77. The highest BCUT2D eigenvalue weighted by molar-refractivity contribution is 7.13. The Labute approximate surface area is 144 Å². The van der Waals surface area contributed by atoms with Crippen molar-refractivity contribution >= 4 is 22.5 Å². The van der Waals surface area contributed by atoms with Crippen LogP contribution >= 0.6 is 11.3 Å². The van der Waals surface area contributed by atoms with Crippen molar-refractivity contribution in [2.75, 3.05) is 25.1 Å². The fourth-order valence-corrected chi connectivity index (χ4v) is 3.71. The molecule has 0 saturated carbocycles. The molecule has 2 amide bonds. The Morgan fingerprint density at radius 3 is 2.96 bits per heavy atom. The van der Waals surface area contributed by atoms with Crippen LogP contribution in [0.3, 0.4) is 0 Å². The maximum Gasteiger partial charge on any atom is 0.324 e. The molecule has 4 rings (SSSR count). The molecule has 7 heteroatoms. The number of carbonyl (C=O) groups is 1. The highest BCUT2D eigenvalue weighted by Gasteiger charge is 2.31.